The number of nitrogens with two attached hydrogens (primary N) is 1. The van der Waals surface area contributed by atoms with Crippen LogP contribution in [0.3, 0.4) is 0 Å². The van der Waals surface area contributed by atoms with E-state index in [1.54, 1.807) is 6.07 Å². The predicted octanol–water partition coefficient (Wildman–Crippen LogP) is 0.779. The number of fused-ring (bicyclic) bond motifs is 1. The molecule has 1 aromatic heterocycles. The van der Waals surface area contributed by atoms with Crippen molar-refractivity contribution in [3.63, 3.8) is 0 Å². The molecule has 0 fully saturated rings. The number of nitrogen functional groups attached to an aromatic ring is 1. The molecule has 0 radical (unpaired) electrons. The summed E-state index contributed by atoms with van der Waals surface area (Å²) in [5, 5.41) is 1.07. The van der Waals surface area contributed by atoms with Gasteiger partial charge in [-0.1, -0.05) is 45.9 Å². The zero-order chi connectivity index (χ0) is 12.6. The molecule has 0 spiro atoms. The predicted molar refractivity (Wildman–Crippen MR) is 74.5 cm³/mol. The smallest absolute Gasteiger partial charge is 0.780 e. The van der Waals surface area contributed by atoms with Crippen molar-refractivity contribution in [2.75, 3.05) is 5.73 Å². The normalized spacial score (nSPS) is 8.00. The van der Waals surface area contributed by atoms with E-state index in [9.17, 15) is 0 Å². The van der Waals surface area contributed by atoms with Crippen molar-refractivity contribution < 1.29 is 51.4 Å². The van der Waals surface area contributed by atoms with Crippen molar-refractivity contribution in [1.29, 1.82) is 0 Å². The monoisotopic (exact) mass is 274 g/mol. The average Bonchev–Trinajstić information content (AvgIpc) is 2.33. The zero-order valence-electron chi connectivity index (χ0n) is 11.3. The Bertz CT molecular complexity index is 396. The Morgan fingerprint density at radius 1 is 1.00 bits per heavy atom. The SMILES string of the molecule is CC.CC.Nc1ccc2ccc([S-])cc2n1.[K+]. The van der Waals surface area contributed by atoms with E-state index in [1.165, 1.54) is 0 Å². The standard InChI is InChI=1S/C9H8N2S.2C2H6.K/c10-9-4-2-6-1-3-7(12)5-8(6)11-9;2*1-2;/h1-5,12H,(H2,10,11);2*1-2H3;/q;;;+1/p-1. The fourth-order valence-corrected chi connectivity index (χ4v) is 1.29. The van der Waals surface area contributed by atoms with Gasteiger partial charge in [-0.25, -0.2) is 4.98 Å². The topological polar surface area (TPSA) is 38.9 Å². The van der Waals surface area contributed by atoms with E-state index >= 15 is 0 Å². The van der Waals surface area contributed by atoms with Crippen molar-refractivity contribution in [2.24, 2.45) is 0 Å². The Morgan fingerprint density at radius 3 is 2.12 bits per heavy atom. The maximum absolute atomic E-state index is 5.53. The summed E-state index contributed by atoms with van der Waals surface area (Å²) in [5.74, 6) is 0.531. The van der Waals surface area contributed by atoms with Crippen LogP contribution in [0.5, 0.6) is 0 Å². The maximum Gasteiger partial charge on any atom is 1.00 e. The quantitative estimate of drug-likeness (QED) is 0.570. The number of hydrogen-bond donors (Lipinski definition) is 1. The summed E-state index contributed by atoms with van der Waals surface area (Å²) in [5.41, 5.74) is 6.39. The van der Waals surface area contributed by atoms with Gasteiger partial charge in [-0.2, -0.15) is 4.90 Å². The third kappa shape index (κ3) is 6.69. The zero-order valence-corrected chi connectivity index (χ0v) is 15.3. The first-order valence-electron chi connectivity index (χ1n) is 5.59. The number of benzene rings is 1. The summed E-state index contributed by atoms with van der Waals surface area (Å²) >= 11 is 5.00. The van der Waals surface area contributed by atoms with Crippen LogP contribution in [0.1, 0.15) is 27.7 Å². The molecule has 0 saturated carbocycles. The molecule has 2 nitrogen and oxygen atoms in total. The fourth-order valence-electron chi connectivity index (χ4n) is 1.11. The van der Waals surface area contributed by atoms with Gasteiger partial charge >= 0.3 is 51.4 Å². The third-order valence-corrected chi connectivity index (χ3v) is 1.94. The van der Waals surface area contributed by atoms with Crippen molar-refractivity contribution >= 4 is 29.3 Å². The Kier molecular flexibility index (Phi) is 13.1. The van der Waals surface area contributed by atoms with Crippen molar-refractivity contribution in [2.45, 2.75) is 32.6 Å². The molecule has 0 amide bonds. The molecule has 1 aromatic carbocycles. The molecule has 1 heterocycles. The minimum Gasteiger partial charge on any atom is -0.780 e. The third-order valence-electron chi connectivity index (χ3n) is 1.69. The van der Waals surface area contributed by atoms with Gasteiger partial charge in [0.05, 0.1) is 5.52 Å². The van der Waals surface area contributed by atoms with E-state index in [-0.39, 0.29) is 51.4 Å². The molecule has 0 bridgehead atoms. The first-order chi connectivity index (χ1) is 7.75. The second-order valence-corrected chi connectivity index (χ2v) is 3.06. The molecular formula is C13H19KN2S. The first kappa shape index (κ1) is 19.6. The number of hydrogen-bond acceptors (Lipinski definition) is 3. The Hall–Kier alpha value is 0.286. The molecule has 2 rings (SSSR count). The number of nitrogens with zero attached hydrogens (tertiary/aromatic N) is 1. The molecule has 0 aliphatic carbocycles. The molecular weight excluding hydrogens is 255 g/mol. The molecule has 4 heteroatoms. The Balaban J connectivity index is 0. The number of pyridine rings is 1. The largest absolute Gasteiger partial charge is 1.00 e. The van der Waals surface area contributed by atoms with E-state index < -0.39 is 0 Å². The molecule has 0 unspecified atom stereocenters. The van der Waals surface area contributed by atoms with Crippen LogP contribution in [0.2, 0.25) is 0 Å². The van der Waals surface area contributed by atoms with E-state index in [1.807, 2.05) is 52.0 Å². The van der Waals surface area contributed by atoms with Gasteiger partial charge in [0.1, 0.15) is 5.82 Å². The van der Waals surface area contributed by atoms with Gasteiger partial charge in [0.15, 0.2) is 0 Å². The fraction of sp³-hybridized carbons (Fsp3) is 0.308. The molecule has 0 atom stereocenters. The summed E-state index contributed by atoms with van der Waals surface area (Å²) in [7, 11) is 0. The summed E-state index contributed by atoms with van der Waals surface area (Å²) in [6.07, 6.45) is 0. The van der Waals surface area contributed by atoms with Crippen LogP contribution in [0.4, 0.5) is 5.82 Å². The van der Waals surface area contributed by atoms with Gasteiger partial charge in [-0.15, -0.1) is 0 Å². The Morgan fingerprint density at radius 2 is 1.53 bits per heavy atom. The van der Waals surface area contributed by atoms with Crippen molar-refractivity contribution in [3.8, 4) is 0 Å². The molecule has 0 aliphatic heterocycles. The summed E-state index contributed by atoms with van der Waals surface area (Å²) in [6.45, 7) is 8.00. The average molecular weight is 274 g/mol. The Labute approximate surface area is 152 Å². The van der Waals surface area contributed by atoms with Crippen LogP contribution in [-0.2, 0) is 12.6 Å². The van der Waals surface area contributed by atoms with Gasteiger partial charge < -0.3 is 18.4 Å². The summed E-state index contributed by atoms with van der Waals surface area (Å²) < 4.78 is 0. The summed E-state index contributed by atoms with van der Waals surface area (Å²) in [6, 6.07) is 9.40. The second-order valence-electron chi connectivity index (χ2n) is 2.59. The molecule has 0 saturated heterocycles. The van der Waals surface area contributed by atoms with Gasteiger partial charge in [0, 0.05) is 5.39 Å². The van der Waals surface area contributed by atoms with E-state index in [0.717, 1.165) is 15.8 Å². The van der Waals surface area contributed by atoms with Crippen LogP contribution < -0.4 is 57.1 Å². The second kappa shape index (κ2) is 11.4. The van der Waals surface area contributed by atoms with Crippen LogP contribution in [0.25, 0.3) is 10.9 Å². The van der Waals surface area contributed by atoms with E-state index in [2.05, 4.69) is 4.98 Å². The van der Waals surface area contributed by atoms with Crippen LogP contribution >= 0.6 is 0 Å². The molecule has 88 valence electrons. The minimum absolute atomic E-state index is 0. The number of rotatable bonds is 0. The maximum atomic E-state index is 5.53. The minimum atomic E-state index is 0. The number of anilines is 1. The van der Waals surface area contributed by atoms with Gasteiger partial charge in [-0.05, 0) is 12.1 Å². The van der Waals surface area contributed by atoms with Gasteiger partial charge in [0.25, 0.3) is 0 Å². The van der Waals surface area contributed by atoms with Gasteiger partial charge in [-0.3, -0.25) is 0 Å². The van der Waals surface area contributed by atoms with Crippen molar-refractivity contribution in [1.82, 2.24) is 4.98 Å². The van der Waals surface area contributed by atoms with Crippen LogP contribution in [0.15, 0.2) is 35.2 Å². The molecule has 0 aliphatic rings. The van der Waals surface area contributed by atoms with Crippen LogP contribution in [0, 0.1) is 0 Å². The molecule has 2 aromatic rings. The van der Waals surface area contributed by atoms with E-state index in [4.69, 9.17) is 18.4 Å². The van der Waals surface area contributed by atoms with E-state index in [0.29, 0.717) is 5.82 Å². The van der Waals surface area contributed by atoms with Crippen molar-refractivity contribution in [3.05, 3.63) is 30.3 Å². The first-order valence-corrected chi connectivity index (χ1v) is 6.00. The van der Waals surface area contributed by atoms with Gasteiger partial charge in [0.2, 0.25) is 0 Å². The molecule has 17 heavy (non-hydrogen) atoms. The summed E-state index contributed by atoms with van der Waals surface area (Å²) in [4.78, 5) is 4.94. The molecule has 2 N–H and O–H groups in total. The van der Waals surface area contributed by atoms with Crippen LogP contribution in [-0.4, -0.2) is 4.98 Å². The number of aromatic nitrogens is 1.